The zero-order chi connectivity index (χ0) is 15.6. The lowest BCUT2D eigenvalue weighted by atomic mass is 9.84. The Morgan fingerprint density at radius 2 is 2.04 bits per heavy atom. The quantitative estimate of drug-likeness (QED) is 0.498. The summed E-state index contributed by atoms with van der Waals surface area (Å²) < 4.78 is 0. The Bertz CT molecular complexity index is 824. The van der Waals surface area contributed by atoms with E-state index in [1.165, 1.54) is 48.6 Å². The van der Waals surface area contributed by atoms with E-state index in [9.17, 15) is 0 Å². The fourth-order valence-corrected chi connectivity index (χ4v) is 4.20. The molecule has 3 N–H and O–H groups in total. The van der Waals surface area contributed by atoms with E-state index in [-0.39, 0.29) is 0 Å². The van der Waals surface area contributed by atoms with Gasteiger partial charge in [0.05, 0.1) is 10.6 Å². The third kappa shape index (κ3) is 2.91. The van der Waals surface area contributed by atoms with Gasteiger partial charge in [0.25, 0.3) is 0 Å². The smallest absolute Gasteiger partial charge is 0.141 e. The number of nitrogens with one attached hydrogen (secondary N) is 1. The number of hydrogen-bond acceptors (Lipinski definition) is 2. The minimum Gasteiger partial charge on any atom is -0.383 e. The van der Waals surface area contributed by atoms with Gasteiger partial charge >= 0.3 is 0 Å². The molecule has 0 unspecified atom stereocenters. The second-order valence-corrected chi connectivity index (χ2v) is 7.23. The minimum absolute atomic E-state index is 0.592. The molecule has 0 aliphatic heterocycles. The normalized spacial score (nSPS) is 17.0. The van der Waals surface area contributed by atoms with Gasteiger partial charge in [0, 0.05) is 17.1 Å². The Morgan fingerprint density at radius 1 is 1.17 bits per heavy atom. The lowest BCUT2D eigenvalue weighted by Gasteiger charge is -2.21. The van der Waals surface area contributed by atoms with Crippen molar-refractivity contribution < 1.29 is 0 Å². The number of nitrogens with two attached hydrogens (primary N) is 1. The summed E-state index contributed by atoms with van der Waals surface area (Å²) in [6, 6.07) is 10.3. The van der Waals surface area contributed by atoms with Crippen LogP contribution < -0.4 is 5.73 Å². The molecular weight excluding hydrogens is 302 g/mol. The Morgan fingerprint density at radius 3 is 2.83 bits per heavy atom. The van der Waals surface area contributed by atoms with E-state index < -0.39 is 0 Å². The van der Waals surface area contributed by atoms with E-state index in [1.807, 2.05) is 23.6 Å². The number of amidine groups is 1. The first kappa shape index (κ1) is 14.5. The summed E-state index contributed by atoms with van der Waals surface area (Å²) in [6.45, 7) is 0. The molecule has 0 atom stereocenters. The average Bonchev–Trinajstić information content (AvgIpc) is 3.25. The minimum atomic E-state index is 0.592. The highest BCUT2D eigenvalue weighted by Gasteiger charge is 2.18. The van der Waals surface area contributed by atoms with Crippen molar-refractivity contribution >= 4 is 33.8 Å². The van der Waals surface area contributed by atoms with Crippen LogP contribution in [0.3, 0.4) is 0 Å². The predicted octanol–water partition coefficient (Wildman–Crippen LogP) is 5.31. The Hall–Kier alpha value is -2.07. The van der Waals surface area contributed by atoms with Gasteiger partial charge in [0.15, 0.2) is 0 Å². The fourth-order valence-electron chi connectivity index (χ4n) is 3.57. The molecule has 0 spiro atoms. The summed E-state index contributed by atoms with van der Waals surface area (Å²) in [7, 11) is 0. The van der Waals surface area contributed by atoms with E-state index >= 15 is 0 Å². The maximum atomic E-state index is 6.12. The zero-order valence-electron chi connectivity index (χ0n) is 13.1. The fraction of sp³-hybridized carbons (Fsp3) is 0.316. The Balaban J connectivity index is 1.70. The first-order valence-corrected chi connectivity index (χ1v) is 9.18. The third-order valence-corrected chi connectivity index (χ3v) is 5.66. The third-order valence-electron chi connectivity index (χ3n) is 4.77. The van der Waals surface area contributed by atoms with Crippen molar-refractivity contribution in [2.45, 2.75) is 38.0 Å². The molecule has 1 aliphatic carbocycles. The van der Waals surface area contributed by atoms with Gasteiger partial charge in [-0.3, -0.25) is 0 Å². The van der Waals surface area contributed by atoms with E-state index in [2.05, 4.69) is 28.3 Å². The summed E-state index contributed by atoms with van der Waals surface area (Å²) in [5, 5.41) is 3.32. The van der Waals surface area contributed by atoms with Crippen LogP contribution in [0.2, 0.25) is 0 Å². The molecule has 2 heterocycles. The molecule has 1 fully saturated rings. The molecule has 1 aromatic carbocycles. The zero-order valence-corrected chi connectivity index (χ0v) is 13.9. The van der Waals surface area contributed by atoms with E-state index in [0.717, 1.165) is 10.6 Å². The van der Waals surface area contributed by atoms with Gasteiger partial charge < -0.3 is 10.7 Å². The van der Waals surface area contributed by atoms with E-state index in [4.69, 9.17) is 5.73 Å². The van der Waals surface area contributed by atoms with Crippen LogP contribution in [0.4, 0.5) is 5.69 Å². The summed E-state index contributed by atoms with van der Waals surface area (Å²) in [5.41, 5.74) is 9.70. The first-order chi connectivity index (χ1) is 11.3. The van der Waals surface area contributed by atoms with Crippen molar-refractivity contribution in [3.63, 3.8) is 0 Å². The first-order valence-electron chi connectivity index (χ1n) is 8.30. The number of nitrogens with zero attached hydrogens (tertiary/aromatic N) is 1. The lowest BCUT2D eigenvalue weighted by Crippen LogP contribution is -2.10. The number of aliphatic imine (C=N–C) groups is 1. The molecular formula is C19H21N3S. The van der Waals surface area contributed by atoms with Crippen molar-refractivity contribution in [3.8, 4) is 0 Å². The van der Waals surface area contributed by atoms with Gasteiger partial charge in [-0.1, -0.05) is 25.3 Å². The second kappa shape index (κ2) is 6.20. The van der Waals surface area contributed by atoms with Crippen LogP contribution in [-0.2, 0) is 0 Å². The molecule has 0 bridgehead atoms. The number of fused-ring (bicyclic) bond motifs is 1. The van der Waals surface area contributed by atoms with Gasteiger partial charge in [-0.25, -0.2) is 4.99 Å². The van der Waals surface area contributed by atoms with Crippen LogP contribution in [0.1, 0.15) is 48.5 Å². The predicted molar refractivity (Wildman–Crippen MR) is 98.8 cm³/mol. The molecule has 0 saturated heterocycles. The van der Waals surface area contributed by atoms with Crippen molar-refractivity contribution in [3.05, 3.63) is 52.3 Å². The molecule has 4 heteroatoms. The van der Waals surface area contributed by atoms with Crippen LogP contribution in [-0.4, -0.2) is 10.8 Å². The number of aromatic amines is 1. The van der Waals surface area contributed by atoms with Gasteiger partial charge in [-0.15, -0.1) is 11.3 Å². The van der Waals surface area contributed by atoms with E-state index in [1.54, 1.807) is 11.3 Å². The van der Waals surface area contributed by atoms with Crippen LogP contribution >= 0.6 is 11.3 Å². The Labute approximate surface area is 140 Å². The standard InChI is InChI=1S/C19H21N3S/c20-19(18-7-4-10-23-18)22-14-8-9-17-15(11-14)16(12-21-17)13-5-2-1-3-6-13/h4,7-13,21H,1-3,5-6H2,(H2,20,22). The number of benzene rings is 1. The molecule has 1 saturated carbocycles. The van der Waals surface area contributed by atoms with Gasteiger partial charge in [-0.2, -0.15) is 0 Å². The molecule has 0 amide bonds. The highest BCUT2D eigenvalue weighted by Crippen LogP contribution is 2.37. The second-order valence-electron chi connectivity index (χ2n) is 6.28. The maximum Gasteiger partial charge on any atom is 0.141 e. The average molecular weight is 323 g/mol. The molecule has 3 nitrogen and oxygen atoms in total. The van der Waals surface area contributed by atoms with Crippen LogP contribution in [0.25, 0.3) is 10.9 Å². The highest BCUT2D eigenvalue weighted by molar-refractivity contribution is 7.12. The lowest BCUT2D eigenvalue weighted by molar-refractivity contribution is 0.445. The van der Waals surface area contributed by atoms with Crippen molar-refractivity contribution in [1.82, 2.24) is 4.98 Å². The molecule has 2 aromatic heterocycles. The van der Waals surface area contributed by atoms with Gasteiger partial charge in [0.2, 0.25) is 0 Å². The number of thiophene rings is 1. The van der Waals surface area contributed by atoms with Crippen molar-refractivity contribution in [2.75, 3.05) is 0 Å². The SMILES string of the molecule is NC(=Nc1ccc2[nH]cc(C3CCCCC3)c2c1)c1cccs1. The van der Waals surface area contributed by atoms with Gasteiger partial charge in [0.1, 0.15) is 5.84 Å². The Kier molecular flexibility index (Phi) is 3.92. The largest absolute Gasteiger partial charge is 0.383 e. The van der Waals surface area contributed by atoms with Crippen molar-refractivity contribution in [2.24, 2.45) is 10.7 Å². The number of hydrogen-bond donors (Lipinski definition) is 2. The summed E-state index contributed by atoms with van der Waals surface area (Å²) in [4.78, 5) is 9.04. The van der Waals surface area contributed by atoms with Gasteiger partial charge in [-0.05, 0) is 54.0 Å². The number of H-pyrrole nitrogens is 1. The molecule has 1 aliphatic rings. The van der Waals surface area contributed by atoms with Crippen LogP contribution in [0.15, 0.2) is 46.9 Å². The topological polar surface area (TPSA) is 54.2 Å². The van der Waals surface area contributed by atoms with Crippen LogP contribution in [0.5, 0.6) is 0 Å². The summed E-state index contributed by atoms with van der Waals surface area (Å²) >= 11 is 1.62. The van der Waals surface area contributed by atoms with Crippen molar-refractivity contribution in [1.29, 1.82) is 0 Å². The number of aromatic nitrogens is 1. The monoisotopic (exact) mass is 323 g/mol. The summed E-state index contributed by atoms with van der Waals surface area (Å²) in [5.74, 6) is 1.28. The molecule has 0 radical (unpaired) electrons. The molecule has 4 rings (SSSR count). The van der Waals surface area contributed by atoms with Crippen LogP contribution in [0, 0.1) is 0 Å². The molecule has 118 valence electrons. The number of rotatable bonds is 3. The molecule has 23 heavy (non-hydrogen) atoms. The van der Waals surface area contributed by atoms with E-state index in [0.29, 0.717) is 11.8 Å². The maximum absolute atomic E-state index is 6.12. The summed E-state index contributed by atoms with van der Waals surface area (Å²) in [6.07, 6.45) is 8.87. The highest BCUT2D eigenvalue weighted by atomic mass is 32.1. The molecule has 3 aromatic rings.